The fraction of sp³-hybridized carbons (Fsp3) is 0.206. The minimum atomic E-state index is -0.808. The average molecular weight is 865 g/mol. The summed E-state index contributed by atoms with van der Waals surface area (Å²) in [6, 6.07) is 57.3. The number of hydrogen-bond donors (Lipinski definition) is 0. The molecule has 8 aromatic carbocycles. The summed E-state index contributed by atoms with van der Waals surface area (Å²) in [4.78, 5) is 4.03. The van der Waals surface area contributed by atoms with Crippen molar-refractivity contribution in [3.63, 3.8) is 0 Å². The molecule has 2 aromatic heterocycles. The van der Waals surface area contributed by atoms with Gasteiger partial charge in [-0.3, -0.25) is 0 Å². The van der Waals surface area contributed by atoms with Gasteiger partial charge >= 0.3 is 0 Å². The summed E-state index contributed by atoms with van der Waals surface area (Å²) in [5.74, 6) is 0. The van der Waals surface area contributed by atoms with Crippen molar-refractivity contribution in [2.75, 3.05) is 0 Å². The summed E-state index contributed by atoms with van der Waals surface area (Å²) >= 11 is 0. The molecular weight excluding hydrogens is 813 g/mol. The topological polar surface area (TPSA) is 38.0 Å². The Labute approximate surface area is 393 Å². The predicted molar refractivity (Wildman–Crippen MR) is 278 cm³/mol. The molecule has 12 rings (SSSR count). The Morgan fingerprint density at radius 3 is 1.16 bits per heavy atom. The number of rotatable bonds is 10. The Kier molecular flexibility index (Phi) is 9.60. The van der Waals surface area contributed by atoms with E-state index in [1.807, 2.05) is 12.1 Å². The van der Waals surface area contributed by atoms with Gasteiger partial charge < -0.3 is 9.13 Å². The summed E-state index contributed by atoms with van der Waals surface area (Å²) in [6.07, 6.45) is 8.58. The van der Waals surface area contributed by atoms with E-state index < -0.39 is 5.41 Å². The second-order valence-electron chi connectivity index (χ2n) is 19.0. The molecule has 0 saturated carbocycles. The molecule has 2 aliphatic rings. The van der Waals surface area contributed by atoms with Crippen molar-refractivity contribution in [3.05, 3.63) is 207 Å². The molecule has 0 N–H and O–H groups in total. The highest BCUT2D eigenvalue weighted by Gasteiger charge is 2.52. The molecule has 2 aliphatic carbocycles. The molecule has 0 unspecified atom stereocenters. The third-order valence-electron chi connectivity index (χ3n) is 14.9. The van der Waals surface area contributed by atoms with Gasteiger partial charge in [0.2, 0.25) is 0 Å². The van der Waals surface area contributed by atoms with Crippen LogP contribution in [0.3, 0.4) is 0 Å². The van der Waals surface area contributed by atoms with E-state index in [0.717, 1.165) is 85.0 Å². The van der Waals surface area contributed by atoms with Crippen molar-refractivity contribution in [1.82, 2.24) is 9.13 Å². The third kappa shape index (κ3) is 5.96. The first kappa shape index (κ1) is 40.8. The summed E-state index contributed by atoms with van der Waals surface area (Å²) in [5.41, 5.74) is 21.9. The lowest BCUT2D eigenvalue weighted by atomic mass is 9.70. The van der Waals surface area contributed by atoms with Crippen molar-refractivity contribution in [1.29, 1.82) is 5.26 Å². The molecule has 1 spiro atoms. The molecule has 0 atom stereocenters. The van der Waals surface area contributed by atoms with Crippen molar-refractivity contribution in [3.8, 4) is 39.7 Å². The minimum absolute atomic E-state index is 0.607. The van der Waals surface area contributed by atoms with Gasteiger partial charge in [-0.2, -0.15) is 5.26 Å². The van der Waals surface area contributed by atoms with Crippen LogP contribution in [0.25, 0.3) is 82.1 Å². The second-order valence-corrected chi connectivity index (χ2v) is 19.0. The Hall–Kier alpha value is -7.66. The van der Waals surface area contributed by atoms with Crippen molar-refractivity contribution < 1.29 is 0 Å². The van der Waals surface area contributed by atoms with E-state index in [0.29, 0.717) is 11.3 Å². The fourth-order valence-electron chi connectivity index (χ4n) is 12.2. The number of benzene rings is 8. The second kappa shape index (κ2) is 15.8. The highest BCUT2D eigenvalue weighted by atomic mass is 15.0. The Morgan fingerprint density at radius 1 is 0.433 bits per heavy atom. The van der Waals surface area contributed by atoms with E-state index in [-0.39, 0.29) is 0 Å². The number of hydrogen-bond acceptors (Lipinski definition) is 1. The molecule has 10 aromatic rings. The standard InChI is InChI=1S/C63H52N4/c1-6-10-39-15-26-59-51(30-39)52-31-40(11-7-2)16-27-60(52)66(59)45-20-24-49-50-25-21-46(67-61-28-17-41(12-8-3)32-53(61)54-33-42(13-9-4)18-29-62(54)67)37-58(50)63(57(49)36-45)55-34-43(38-64)14-22-47(55)48-23-19-44(65-5)35-56(48)63/h14-37H,6-13H2,1-4H3. The van der Waals surface area contributed by atoms with E-state index in [1.165, 1.54) is 88.1 Å². The van der Waals surface area contributed by atoms with Crippen LogP contribution in [0, 0.1) is 17.9 Å². The maximum atomic E-state index is 10.5. The van der Waals surface area contributed by atoms with Crippen LogP contribution in [0.5, 0.6) is 0 Å². The van der Waals surface area contributed by atoms with Gasteiger partial charge in [-0.25, -0.2) is 4.85 Å². The summed E-state index contributed by atoms with van der Waals surface area (Å²) in [5, 5.41) is 15.7. The van der Waals surface area contributed by atoms with Gasteiger partial charge in [-0.15, -0.1) is 0 Å². The quantitative estimate of drug-likeness (QED) is 0.126. The number of fused-ring (bicyclic) bond motifs is 16. The van der Waals surface area contributed by atoms with E-state index in [2.05, 4.69) is 181 Å². The lowest BCUT2D eigenvalue weighted by Gasteiger charge is -2.31. The normalized spacial score (nSPS) is 13.0. The largest absolute Gasteiger partial charge is 0.309 e. The van der Waals surface area contributed by atoms with Crippen LogP contribution < -0.4 is 0 Å². The van der Waals surface area contributed by atoms with E-state index in [4.69, 9.17) is 6.57 Å². The SMILES string of the molecule is [C-]#[N+]c1ccc2c(c1)C1(c3cc(C#N)ccc3-2)c2cc(-n3c4ccc(CCC)cc4c4cc(CCC)ccc43)ccc2-c2ccc(-n3c4ccc(CCC)cc4c4cc(CCC)ccc43)cc21. The van der Waals surface area contributed by atoms with E-state index in [9.17, 15) is 5.26 Å². The lowest BCUT2D eigenvalue weighted by Crippen LogP contribution is -2.26. The zero-order valence-electron chi connectivity index (χ0n) is 38.8. The van der Waals surface area contributed by atoms with Crippen LogP contribution in [-0.2, 0) is 31.1 Å². The molecule has 0 aliphatic heterocycles. The summed E-state index contributed by atoms with van der Waals surface area (Å²) in [6.45, 7) is 17.3. The Balaban J connectivity index is 1.16. The zero-order valence-corrected chi connectivity index (χ0v) is 38.8. The molecular formula is C63H52N4. The lowest BCUT2D eigenvalue weighted by molar-refractivity contribution is 0.791. The maximum absolute atomic E-state index is 10.5. The third-order valence-corrected chi connectivity index (χ3v) is 14.9. The molecule has 0 radical (unpaired) electrons. The van der Waals surface area contributed by atoms with Crippen LogP contribution in [0.15, 0.2) is 146 Å². The van der Waals surface area contributed by atoms with Gasteiger partial charge in [0.1, 0.15) is 0 Å². The predicted octanol–water partition coefficient (Wildman–Crippen LogP) is 16.5. The molecule has 0 saturated heterocycles. The van der Waals surface area contributed by atoms with E-state index >= 15 is 0 Å². The van der Waals surface area contributed by atoms with Crippen molar-refractivity contribution in [2.24, 2.45) is 0 Å². The number of nitriles is 1. The average Bonchev–Trinajstić information content (AvgIpc) is 4.04. The van der Waals surface area contributed by atoms with Crippen LogP contribution in [0.2, 0.25) is 0 Å². The van der Waals surface area contributed by atoms with Crippen molar-refractivity contribution >= 4 is 49.3 Å². The number of aromatic nitrogens is 2. The van der Waals surface area contributed by atoms with Gasteiger partial charge in [-0.1, -0.05) is 114 Å². The molecule has 0 amide bonds. The molecule has 2 heterocycles. The Morgan fingerprint density at radius 2 is 0.791 bits per heavy atom. The van der Waals surface area contributed by atoms with Crippen LogP contribution in [-0.4, -0.2) is 9.13 Å². The number of nitrogens with zero attached hydrogens (tertiary/aromatic N) is 4. The first-order valence-electron chi connectivity index (χ1n) is 24.4. The fourth-order valence-corrected chi connectivity index (χ4v) is 12.2. The first-order valence-corrected chi connectivity index (χ1v) is 24.4. The zero-order chi connectivity index (χ0) is 45.6. The van der Waals surface area contributed by atoms with Gasteiger partial charge in [-0.05, 0) is 177 Å². The smallest absolute Gasteiger partial charge is 0.187 e. The van der Waals surface area contributed by atoms with Gasteiger partial charge in [0, 0.05) is 32.9 Å². The minimum Gasteiger partial charge on any atom is -0.309 e. The summed E-state index contributed by atoms with van der Waals surface area (Å²) in [7, 11) is 0. The monoisotopic (exact) mass is 864 g/mol. The van der Waals surface area contributed by atoms with Crippen LogP contribution in [0.4, 0.5) is 5.69 Å². The van der Waals surface area contributed by atoms with Crippen molar-refractivity contribution in [2.45, 2.75) is 84.5 Å². The molecule has 0 bridgehead atoms. The molecule has 324 valence electrons. The highest BCUT2D eigenvalue weighted by molar-refractivity contribution is 6.11. The first-order chi connectivity index (χ1) is 32.9. The summed E-state index contributed by atoms with van der Waals surface area (Å²) < 4.78 is 4.93. The molecule has 0 fully saturated rings. The maximum Gasteiger partial charge on any atom is 0.187 e. The Bertz CT molecular complexity index is 3410. The molecule has 67 heavy (non-hydrogen) atoms. The molecule has 4 nitrogen and oxygen atoms in total. The van der Waals surface area contributed by atoms with E-state index in [1.54, 1.807) is 0 Å². The molecule has 4 heteroatoms. The highest BCUT2D eigenvalue weighted by Crippen LogP contribution is 2.64. The van der Waals surface area contributed by atoms with Gasteiger partial charge in [0.15, 0.2) is 5.69 Å². The van der Waals surface area contributed by atoms with Gasteiger partial charge in [0.05, 0.1) is 45.7 Å². The number of aryl methyl sites for hydroxylation is 4. The van der Waals surface area contributed by atoms with Crippen LogP contribution >= 0.6 is 0 Å². The van der Waals surface area contributed by atoms with Crippen LogP contribution in [0.1, 0.15) is 103 Å². The van der Waals surface area contributed by atoms with Gasteiger partial charge in [0.25, 0.3) is 0 Å².